The topological polar surface area (TPSA) is 38.0 Å². The van der Waals surface area contributed by atoms with Gasteiger partial charge in [0.2, 0.25) is 0 Å². The van der Waals surface area contributed by atoms with Gasteiger partial charge in [-0.1, -0.05) is 13.8 Å². The fourth-order valence-electron chi connectivity index (χ4n) is 1.10. The molecule has 1 aliphatic heterocycles. The first-order valence-corrected chi connectivity index (χ1v) is 3.60. The number of rotatable bonds is 2. The molecule has 3 N–H and O–H groups in total. The molecule has 1 aliphatic rings. The van der Waals surface area contributed by atoms with Gasteiger partial charge in [-0.05, 0) is 24.9 Å². The lowest BCUT2D eigenvalue weighted by Gasteiger charge is -2.40. The Morgan fingerprint density at radius 1 is 1.67 bits per heavy atom. The molecule has 0 radical (unpaired) electrons. The summed E-state index contributed by atoms with van der Waals surface area (Å²) in [6.45, 7) is 6.38. The molecule has 1 unspecified atom stereocenters. The first-order chi connectivity index (χ1) is 4.17. The van der Waals surface area contributed by atoms with Gasteiger partial charge in [0.05, 0.1) is 0 Å². The average Bonchev–Trinajstić information content (AvgIpc) is 1.60. The van der Waals surface area contributed by atoms with Gasteiger partial charge in [-0.25, -0.2) is 0 Å². The molecule has 1 fully saturated rings. The number of nitrogens with one attached hydrogen (secondary N) is 1. The van der Waals surface area contributed by atoms with E-state index in [0.29, 0.717) is 11.5 Å². The fourth-order valence-corrected chi connectivity index (χ4v) is 1.10. The van der Waals surface area contributed by atoms with Crippen LogP contribution in [0.2, 0.25) is 0 Å². The highest BCUT2D eigenvalue weighted by atomic mass is 15.0. The lowest BCUT2D eigenvalue weighted by Crippen LogP contribution is -2.54. The van der Waals surface area contributed by atoms with Crippen molar-refractivity contribution in [3.05, 3.63) is 0 Å². The van der Waals surface area contributed by atoms with E-state index in [2.05, 4.69) is 19.2 Å². The Kier molecular flexibility index (Phi) is 1.78. The molecule has 54 valence electrons. The molecule has 0 aromatic rings. The van der Waals surface area contributed by atoms with Crippen molar-refractivity contribution in [1.29, 1.82) is 0 Å². The molecule has 1 atom stereocenters. The second-order valence-electron chi connectivity index (χ2n) is 3.49. The van der Waals surface area contributed by atoms with E-state index < -0.39 is 0 Å². The smallest absolute Gasteiger partial charge is 0.0142 e. The van der Waals surface area contributed by atoms with Crippen LogP contribution in [0.25, 0.3) is 0 Å². The van der Waals surface area contributed by atoms with E-state index >= 15 is 0 Å². The minimum Gasteiger partial charge on any atom is -0.330 e. The summed E-state index contributed by atoms with van der Waals surface area (Å²) in [6, 6.07) is 0.669. The normalized spacial score (nSPS) is 27.7. The van der Waals surface area contributed by atoms with E-state index in [9.17, 15) is 0 Å². The molecular weight excluding hydrogens is 112 g/mol. The van der Waals surface area contributed by atoms with E-state index in [-0.39, 0.29) is 0 Å². The Bertz CT molecular complexity index is 95.1. The van der Waals surface area contributed by atoms with Crippen LogP contribution in [0.4, 0.5) is 0 Å². The van der Waals surface area contributed by atoms with E-state index in [1.165, 1.54) is 13.0 Å². The predicted octanol–water partition coefficient (Wildman–Crippen LogP) is 0.333. The summed E-state index contributed by atoms with van der Waals surface area (Å²) in [5, 5.41) is 3.36. The second-order valence-corrected chi connectivity index (χ2v) is 3.49. The van der Waals surface area contributed by atoms with Gasteiger partial charge < -0.3 is 11.1 Å². The van der Waals surface area contributed by atoms with Crippen molar-refractivity contribution >= 4 is 0 Å². The molecule has 9 heavy (non-hydrogen) atoms. The summed E-state index contributed by atoms with van der Waals surface area (Å²) in [4.78, 5) is 0. The zero-order valence-electron chi connectivity index (χ0n) is 6.28. The van der Waals surface area contributed by atoms with Gasteiger partial charge in [0.15, 0.2) is 0 Å². The molecule has 0 aromatic heterocycles. The SMILES string of the molecule is CC(C)(CN)C1CCN1. The molecule has 0 amide bonds. The Morgan fingerprint density at radius 2 is 2.22 bits per heavy atom. The van der Waals surface area contributed by atoms with Gasteiger partial charge in [0, 0.05) is 6.04 Å². The third-order valence-corrected chi connectivity index (χ3v) is 2.29. The molecule has 0 aromatic carbocycles. The van der Waals surface area contributed by atoms with Gasteiger partial charge in [-0.15, -0.1) is 0 Å². The van der Waals surface area contributed by atoms with Crippen LogP contribution in [0.5, 0.6) is 0 Å². The summed E-state index contributed by atoms with van der Waals surface area (Å²) < 4.78 is 0. The van der Waals surface area contributed by atoms with E-state index in [1.807, 2.05) is 0 Å². The van der Waals surface area contributed by atoms with Gasteiger partial charge in [-0.3, -0.25) is 0 Å². The second kappa shape index (κ2) is 2.27. The lowest BCUT2D eigenvalue weighted by atomic mass is 9.79. The van der Waals surface area contributed by atoms with Crippen LogP contribution < -0.4 is 11.1 Å². The van der Waals surface area contributed by atoms with Crippen LogP contribution in [-0.4, -0.2) is 19.1 Å². The maximum Gasteiger partial charge on any atom is 0.0142 e. The first-order valence-electron chi connectivity index (χ1n) is 3.60. The van der Waals surface area contributed by atoms with Gasteiger partial charge in [0.25, 0.3) is 0 Å². The summed E-state index contributed by atoms with van der Waals surface area (Å²) in [5.41, 5.74) is 5.88. The van der Waals surface area contributed by atoms with Gasteiger partial charge in [-0.2, -0.15) is 0 Å². The Hall–Kier alpha value is -0.0800. The molecule has 0 bridgehead atoms. The molecule has 0 spiro atoms. The highest BCUT2D eigenvalue weighted by Gasteiger charge is 2.31. The maximum absolute atomic E-state index is 5.58. The quantitative estimate of drug-likeness (QED) is 0.562. The van der Waals surface area contributed by atoms with Crippen molar-refractivity contribution < 1.29 is 0 Å². The predicted molar refractivity (Wildman–Crippen MR) is 39.2 cm³/mol. The van der Waals surface area contributed by atoms with Crippen molar-refractivity contribution in [2.75, 3.05) is 13.1 Å². The van der Waals surface area contributed by atoms with Gasteiger partial charge in [0.1, 0.15) is 0 Å². The summed E-state index contributed by atoms with van der Waals surface area (Å²) in [5.74, 6) is 0. The van der Waals surface area contributed by atoms with Crippen LogP contribution >= 0.6 is 0 Å². The van der Waals surface area contributed by atoms with Crippen molar-refractivity contribution in [1.82, 2.24) is 5.32 Å². The zero-order chi connectivity index (χ0) is 6.91. The van der Waals surface area contributed by atoms with Crippen LogP contribution in [-0.2, 0) is 0 Å². The molecule has 1 heterocycles. The summed E-state index contributed by atoms with van der Waals surface area (Å²) in [6.07, 6.45) is 1.30. The minimum absolute atomic E-state index is 0.304. The molecule has 0 aliphatic carbocycles. The van der Waals surface area contributed by atoms with Crippen LogP contribution in [0, 0.1) is 5.41 Å². The Morgan fingerprint density at radius 3 is 2.33 bits per heavy atom. The van der Waals surface area contributed by atoms with Gasteiger partial charge >= 0.3 is 0 Å². The maximum atomic E-state index is 5.58. The monoisotopic (exact) mass is 128 g/mol. The van der Waals surface area contributed by atoms with Crippen molar-refractivity contribution in [3.8, 4) is 0 Å². The fraction of sp³-hybridized carbons (Fsp3) is 1.00. The summed E-state index contributed by atoms with van der Waals surface area (Å²) in [7, 11) is 0. The molecule has 1 saturated heterocycles. The van der Waals surface area contributed by atoms with E-state index in [1.54, 1.807) is 0 Å². The van der Waals surface area contributed by atoms with Crippen LogP contribution in [0.1, 0.15) is 20.3 Å². The van der Waals surface area contributed by atoms with Crippen molar-refractivity contribution in [3.63, 3.8) is 0 Å². The van der Waals surface area contributed by atoms with Crippen molar-refractivity contribution in [2.45, 2.75) is 26.3 Å². The third-order valence-electron chi connectivity index (χ3n) is 2.29. The standard InChI is InChI=1S/C7H16N2/c1-7(2,5-8)6-3-4-9-6/h6,9H,3-5,8H2,1-2H3. The molecule has 2 nitrogen and oxygen atoms in total. The minimum atomic E-state index is 0.304. The molecular formula is C7H16N2. The lowest BCUT2D eigenvalue weighted by molar-refractivity contribution is 0.180. The highest BCUT2D eigenvalue weighted by Crippen LogP contribution is 2.24. The Labute approximate surface area is 56.8 Å². The number of hydrogen-bond donors (Lipinski definition) is 2. The highest BCUT2D eigenvalue weighted by molar-refractivity contribution is 4.91. The number of hydrogen-bond acceptors (Lipinski definition) is 2. The summed E-state index contributed by atoms with van der Waals surface area (Å²) >= 11 is 0. The molecule has 2 heteroatoms. The average molecular weight is 128 g/mol. The number of nitrogens with two attached hydrogens (primary N) is 1. The zero-order valence-corrected chi connectivity index (χ0v) is 6.28. The van der Waals surface area contributed by atoms with Crippen molar-refractivity contribution in [2.24, 2.45) is 11.1 Å². The molecule has 1 rings (SSSR count). The Balaban J connectivity index is 2.37. The van der Waals surface area contributed by atoms with Crippen LogP contribution in [0.3, 0.4) is 0 Å². The van der Waals surface area contributed by atoms with E-state index in [4.69, 9.17) is 5.73 Å². The third kappa shape index (κ3) is 1.25. The largest absolute Gasteiger partial charge is 0.330 e. The van der Waals surface area contributed by atoms with Crippen LogP contribution in [0.15, 0.2) is 0 Å². The first kappa shape index (κ1) is 7.03. The molecule has 0 saturated carbocycles. The van der Waals surface area contributed by atoms with E-state index in [0.717, 1.165) is 6.54 Å².